The predicted molar refractivity (Wildman–Crippen MR) is 100 cm³/mol. The van der Waals surface area contributed by atoms with Gasteiger partial charge in [0.25, 0.3) is 0 Å². The fourth-order valence-electron chi connectivity index (χ4n) is 2.45. The molecule has 1 heterocycles. The Morgan fingerprint density at radius 1 is 1.00 bits per heavy atom. The van der Waals surface area contributed by atoms with Crippen molar-refractivity contribution in [1.82, 2.24) is 10.2 Å². The Bertz CT molecular complexity index is 956. The topological polar surface area (TPSA) is 80.0 Å². The number of aryl methyl sites for hydroxylation is 1. The normalized spacial score (nSPS) is 11.7. The van der Waals surface area contributed by atoms with Crippen LogP contribution >= 0.6 is 0 Å². The van der Waals surface area contributed by atoms with E-state index in [1.54, 1.807) is 31.2 Å². The van der Waals surface area contributed by atoms with Crippen molar-refractivity contribution in [2.75, 3.05) is 13.8 Å². The van der Waals surface area contributed by atoms with E-state index in [2.05, 4.69) is 9.82 Å². The van der Waals surface area contributed by atoms with Gasteiger partial charge < -0.3 is 23.9 Å². The van der Waals surface area contributed by atoms with E-state index in [1.807, 2.05) is 0 Å². The summed E-state index contributed by atoms with van der Waals surface area (Å²) in [5.41, 5.74) is 0.262. The zero-order valence-electron chi connectivity index (χ0n) is 16.1. The van der Waals surface area contributed by atoms with E-state index >= 15 is 0 Å². The van der Waals surface area contributed by atoms with Gasteiger partial charge in [0.15, 0.2) is 12.5 Å². The fourth-order valence-corrected chi connectivity index (χ4v) is 2.45. The monoisotopic (exact) mass is 423 g/mol. The highest BCUT2D eigenvalue weighted by atomic mass is 19.4. The zero-order chi connectivity index (χ0) is 21.7. The van der Waals surface area contributed by atoms with E-state index in [1.165, 1.54) is 19.2 Å². The maximum Gasteiger partial charge on any atom is 0.416 e. The van der Waals surface area contributed by atoms with Crippen LogP contribution in [0, 0.1) is 12.1 Å². The molecule has 0 saturated heterocycles. The van der Waals surface area contributed by atoms with Crippen molar-refractivity contribution in [2.45, 2.75) is 19.7 Å². The van der Waals surface area contributed by atoms with Gasteiger partial charge in [-0.2, -0.15) is 13.2 Å². The van der Waals surface area contributed by atoms with E-state index in [0.717, 1.165) is 12.1 Å². The Balaban J connectivity index is 1.61. The second-order valence-electron chi connectivity index (χ2n) is 6.15. The molecule has 30 heavy (non-hydrogen) atoms. The average molecular weight is 423 g/mol. The van der Waals surface area contributed by atoms with Crippen LogP contribution in [0.5, 0.6) is 11.5 Å². The number of hydrogen-bond donors (Lipinski definition) is 0. The highest BCUT2D eigenvalue weighted by molar-refractivity contribution is 5.54. The lowest BCUT2D eigenvalue weighted by Crippen LogP contribution is -2.20. The lowest BCUT2D eigenvalue weighted by molar-refractivity contribution is -0.137. The summed E-state index contributed by atoms with van der Waals surface area (Å²) in [6.45, 7) is 1.52. The first-order chi connectivity index (χ1) is 14.3. The number of hydroxylamine groups is 2. The van der Waals surface area contributed by atoms with Gasteiger partial charge in [-0.3, -0.25) is 0 Å². The van der Waals surface area contributed by atoms with Gasteiger partial charge in [0.2, 0.25) is 5.89 Å². The highest BCUT2D eigenvalue weighted by Crippen LogP contribution is 2.31. The summed E-state index contributed by atoms with van der Waals surface area (Å²) in [4.78, 5) is 8.66. The number of aromatic nitrogens is 1. The molecule has 160 valence electrons. The first-order valence-corrected chi connectivity index (χ1v) is 8.74. The van der Waals surface area contributed by atoms with E-state index in [9.17, 15) is 18.4 Å². The number of halogens is 3. The van der Waals surface area contributed by atoms with Crippen molar-refractivity contribution in [2.24, 2.45) is 0 Å². The van der Waals surface area contributed by atoms with E-state index in [0.29, 0.717) is 28.5 Å². The molecule has 0 aliphatic rings. The zero-order valence-corrected chi connectivity index (χ0v) is 16.1. The standard InChI is InChI=1S/C20H18F3N2O5/c1-13-18(11-28-16-7-9-17(10-8-16)29-12-25(26)27-2)30-19(24-13)14-3-5-15(6-4-14)20(21,22)23/h3-10H,11-12H2,1-2H3/q-1. The van der Waals surface area contributed by atoms with Crippen LogP contribution in [-0.2, 0) is 17.6 Å². The van der Waals surface area contributed by atoms with Gasteiger partial charge >= 0.3 is 6.18 Å². The Morgan fingerprint density at radius 3 is 2.17 bits per heavy atom. The number of nitrogens with zero attached hydrogens (tertiary/aromatic N) is 2. The van der Waals surface area contributed by atoms with Crippen LogP contribution in [0.15, 0.2) is 52.9 Å². The van der Waals surface area contributed by atoms with Crippen LogP contribution in [0.2, 0.25) is 0 Å². The van der Waals surface area contributed by atoms with Gasteiger partial charge in [0, 0.05) is 5.56 Å². The number of ether oxygens (including phenoxy) is 2. The molecule has 10 heteroatoms. The summed E-state index contributed by atoms with van der Waals surface area (Å²) in [5.74, 6) is 1.65. The van der Waals surface area contributed by atoms with Gasteiger partial charge in [0.05, 0.1) is 18.4 Å². The van der Waals surface area contributed by atoms with Crippen LogP contribution < -0.4 is 9.47 Å². The smallest absolute Gasteiger partial charge is 0.416 e. The maximum absolute atomic E-state index is 12.7. The lowest BCUT2D eigenvalue weighted by atomic mass is 10.1. The molecular weight excluding hydrogens is 405 g/mol. The molecule has 0 aliphatic heterocycles. The largest absolute Gasteiger partial charge is 0.759 e. The van der Waals surface area contributed by atoms with Crippen LogP contribution in [0.25, 0.3) is 11.5 Å². The lowest BCUT2D eigenvalue weighted by Gasteiger charge is -2.24. The third-order valence-electron chi connectivity index (χ3n) is 4.09. The minimum absolute atomic E-state index is 0.0810. The molecule has 0 aliphatic carbocycles. The van der Waals surface area contributed by atoms with Crippen LogP contribution in [0.4, 0.5) is 13.2 Å². The maximum atomic E-state index is 12.7. The molecule has 2 aromatic carbocycles. The van der Waals surface area contributed by atoms with Crippen molar-refractivity contribution in [3.05, 3.63) is 70.8 Å². The third kappa shape index (κ3) is 5.50. The van der Waals surface area contributed by atoms with Crippen molar-refractivity contribution in [1.29, 1.82) is 0 Å². The van der Waals surface area contributed by atoms with Crippen LogP contribution in [-0.4, -0.2) is 24.1 Å². The Hall–Kier alpha value is -3.08. The molecule has 0 N–H and O–H groups in total. The number of benzene rings is 2. The van der Waals surface area contributed by atoms with Crippen molar-refractivity contribution in [3.8, 4) is 23.0 Å². The molecule has 0 unspecified atom stereocenters. The van der Waals surface area contributed by atoms with E-state index < -0.39 is 11.7 Å². The molecule has 0 radical (unpaired) electrons. The minimum Gasteiger partial charge on any atom is -0.759 e. The van der Waals surface area contributed by atoms with Gasteiger partial charge in [-0.05, 0) is 55.5 Å². The summed E-state index contributed by atoms with van der Waals surface area (Å²) in [6, 6.07) is 11.1. The summed E-state index contributed by atoms with van der Waals surface area (Å²) in [5, 5.41) is 11.3. The molecule has 7 nitrogen and oxygen atoms in total. The predicted octanol–water partition coefficient (Wildman–Crippen LogP) is 4.95. The quantitative estimate of drug-likeness (QED) is 0.375. The molecule has 1 aromatic heterocycles. The molecule has 0 saturated carbocycles. The second-order valence-corrected chi connectivity index (χ2v) is 6.15. The highest BCUT2D eigenvalue weighted by Gasteiger charge is 2.30. The average Bonchev–Trinajstić information content (AvgIpc) is 3.11. The number of hydrogen-bond acceptors (Lipinski definition) is 7. The third-order valence-corrected chi connectivity index (χ3v) is 4.09. The Morgan fingerprint density at radius 2 is 1.60 bits per heavy atom. The minimum atomic E-state index is -4.40. The number of alkyl halides is 3. The number of rotatable bonds is 8. The van der Waals surface area contributed by atoms with Gasteiger partial charge in [-0.1, -0.05) is 0 Å². The van der Waals surface area contributed by atoms with Gasteiger partial charge in [-0.25, -0.2) is 10.2 Å². The molecule has 0 amide bonds. The van der Waals surface area contributed by atoms with Crippen molar-refractivity contribution in [3.63, 3.8) is 0 Å². The van der Waals surface area contributed by atoms with Gasteiger partial charge in [-0.15, -0.1) is 0 Å². The first kappa shape index (κ1) is 21.6. The molecule has 3 rings (SSSR count). The summed E-state index contributed by atoms with van der Waals surface area (Å²) in [6.07, 6.45) is -4.40. The molecule has 0 fully saturated rings. The molecule has 0 spiro atoms. The summed E-state index contributed by atoms with van der Waals surface area (Å²) < 4.78 is 54.6. The second kappa shape index (κ2) is 9.16. The fraction of sp³-hybridized carbons (Fsp3) is 0.250. The molecule has 0 bridgehead atoms. The SMILES string of the molecule is CON([O-])COc1ccc(OCc2oc(-c3ccc(C(F)(F)F)cc3)nc2C)cc1. The van der Waals surface area contributed by atoms with Crippen molar-refractivity contribution < 1.29 is 31.9 Å². The Kier molecular flexibility index (Phi) is 6.60. The number of oxazole rings is 1. The van der Waals surface area contributed by atoms with Crippen LogP contribution in [0.3, 0.4) is 0 Å². The van der Waals surface area contributed by atoms with Gasteiger partial charge in [0.1, 0.15) is 18.1 Å². The van der Waals surface area contributed by atoms with E-state index in [4.69, 9.17) is 13.9 Å². The molecule has 3 aromatic rings. The summed E-state index contributed by atoms with van der Waals surface area (Å²) in [7, 11) is 1.24. The Labute approximate surface area is 170 Å². The molecule has 0 atom stereocenters. The van der Waals surface area contributed by atoms with E-state index in [-0.39, 0.29) is 24.5 Å². The van der Waals surface area contributed by atoms with Crippen molar-refractivity contribution >= 4 is 0 Å². The first-order valence-electron chi connectivity index (χ1n) is 8.74. The summed E-state index contributed by atoms with van der Waals surface area (Å²) >= 11 is 0. The van der Waals surface area contributed by atoms with Crippen LogP contribution in [0.1, 0.15) is 17.0 Å². The molecular formula is C20H18F3N2O5-.